The van der Waals surface area contributed by atoms with E-state index in [0.717, 1.165) is 12.1 Å². The zero-order chi connectivity index (χ0) is 27.0. The number of aromatic hydroxyl groups is 1. The Balaban J connectivity index is 1.77. The number of rotatable bonds is 3. The van der Waals surface area contributed by atoms with Crippen molar-refractivity contribution in [2.24, 2.45) is 29.4 Å². The number of phenolic OH excluding ortho intramolecular Hbond substituents is 1. The first-order chi connectivity index (χ1) is 17.4. The van der Waals surface area contributed by atoms with Gasteiger partial charge >= 0.3 is 0 Å². The Bertz CT molecular complexity index is 1370. The average Bonchev–Trinajstić information content (AvgIpc) is 2.83. The highest BCUT2D eigenvalue weighted by Gasteiger charge is 2.70. The van der Waals surface area contributed by atoms with Gasteiger partial charge in [-0.2, -0.15) is 0 Å². The molecule has 0 radical (unpaired) electrons. The number of halogens is 1. The Labute approximate surface area is 211 Å². The molecule has 3 aliphatic carbocycles. The van der Waals surface area contributed by atoms with Gasteiger partial charge in [-0.05, 0) is 44.1 Å². The summed E-state index contributed by atoms with van der Waals surface area (Å²) < 4.78 is 15.3. The van der Waals surface area contributed by atoms with Crippen LogP contribution in [0.3, 0.4) is 0 Å². The van der Waals surface area contributed by atoms with E-state index in [1.165, 1.54) is 19.0 Å². The molecule has 0 spiro atoms. The van der Waals surface area contributed by atoms with E-state index in [4.69, 9.17) is 5.73 Å². The van der Waals surface area contributed by atoms with E-state index >= 15 is 4.39 Å². The zero-order valence-corrected chi connectivity index (χ0v) is 20.1. The number of phenols is 1. The van der Waals surface area contributed by atoms with E-state index in [9.17, 15) is 34.2 Å². The second-order valence-electron chi connectivity index (χ2n) is 10.2. The summed E-state index contributed by atoms with van der Waals surface area (Å²) in [5, 5.41) is 22.3. The lowest BCUT2D eigenvalue weighted by atomic mass is 9.50. The molecule has 192 valence electrons. The molecule has 2 aromatic rings. The number of amides is 1. The van der Waals surface area contributed by atoms with Gasteiger partial charge in [0.1, 0.15) is 11.6 Å². The van der Waals surface area contributed by atoms with Gasteiger partial charge in [0, 0.05) is 17.4 Å². The molecular weight excluding hydrogens is 483 g/mol. The number of nitrogens with two attached hydrogens (primary N) is 1. The molecule has 1 amide bonds. The molecule has 0 aromatic heterocycles. The van der Waals surface area contributed by atoms with Crippen molar-refractivity contribution in [3.05, 3.63) is 65.0 Å². The van der Waals surface area contributed by atoms with Gasteiger partial charge in [-0.15, -0.1) is 0 Å². The lowest BCUT2D eigenvalue weighted by Gasteiger charge is -2.54. The Morgan fingerprint density at radius 2 is 1.68 bits per heavy atom. The number of likely N-dealkylation sites (N-methyl/N-ethyl adjacent to an activating group) is 1. The molecule has 2 fully saturated rings. The summed E-state index contributed by atoms with van der Waals surface area (Å²) in [6, 6.07) is 9.34. The van der Waals surface area contributed by atoms with Crippen LogP contribution in [0.15, 0.2) is 42.5 Å². The summed E-state index contributed by atoms with van der Waals surface area (Å²) in [7, 11) is 3.00. The van der Waals surface area contributed by atoms with Crippen LogP contribution in [-0.4, -0.2) is 69.9 Å². The number of Topliss-reactive ketones (excluding diaryl/α,β-unsaturated/α-hetero) is 4. The summed E-state index contributed by atoms with van der Waals surface area (Å²) in [6.07, 6.45) is -0.182. The first-order valence-corrected chi connectivity index (χ1v) is 11.8. The van der Waals surface area contributed by atoms with E-state index in [0.29, 0.717) is 5.56 Å². The first-order valence-electron chi connectivity index (χ1n) is 11.8. The van der Waals surface area contributed by atoms with Crippen LogP contribution in [0.2, 0.25) is 0 Å². The maximum atomic E-state index is 15.3. The van der Waals surface area contributed by atoms with Crippen molar-refractivity contribution in [1.82, 2.24) is 4.90 Å². The van der Waals surface area contributed by atoms with E-state index < -0.39 is 81.8 Å². The van der Waals surface area contributed by atoms with Crippen molar-refractivity contribution in [3.63, 3.8) is 0 Å². The second kappa shape index (κ2) is 8.39. The molecule has 9 nitrogen and oxygen atoms in total. The largest absolute Gasteiger partial charge is 0.507 e. The zero-order valence-electron chi connectivity index (χ0n) is 20.1. The normalized spacial score (nSPS) is 33.1. The van der Waals surface area contributed by atoms with Crippen molar-refractivity contribution in [2.45, 2.75) is 24.0 Å². The predicted octanol–water partition coefficient (Wildman–Crippen LogP) is 0.596. The molecule has 2 aromatic carbocycles. The van der Waals surface area contributed by atoms with Crippen LogP contribution in [0.4, 0.5) is 4.39 Å². The fraction of sp³-hybridized carbons (Fsp3) is 0.370. The highest BCUT2D eigenvalue weighted by atomic mass is 19.1. The Hall–Kier alpha value is -3.76. The van der Waals surface area contributed by atoms with Crippen LogP contribution in [-0.2, 0) is 19.2 Å². The average molecular weight is 509 g/mol. The number of benzene rings is 2. The quantitative estimate of drug-likeness (QED) is 0.509. The third-order valence-electron chi connectivity index (χ3n) is 8.18. The number of hydrogen-bond acceptors (Lipinski definition) is 8. The third-order valence-corrected chi connectivity index (χ3v) is 8.18. The van der Waals surface area contributed by atoms with Gasteiger partial charge in [-0.25, -0.2) is 4.39 Å². The van der Waals surface area contributed by atoms with Crippen molar-refractivity contribution < 1.29 is 38.6 Å². The number of carbonyl (C=O) groups excluding carboxylic acids is 5. The van der Waals surface area contributed by atoms with E-state index in [-0.39, 0.29) is 17.5 Å². The molecule has 0 saturated heterocycles. The van der Waals surface area contributed by atoms with Crippen LogP contribution in [0.1, 0.15) is 33.8 Å². The molecule has 37 heavy (non-hydrogen) atoms. The monoisotopic (exact) mass is 508 g/mol. The topological polar surface area (TPSA) is 155 Å². The fourth-order valence-corrected chi connectivity index (χ4v) is 6.71. The van der Waals surface area contributed by atoms with Gasteiger partial charge in [0.15, 0.2) is 34.7 Å². The van der Waals surface area contributed by atoms with Crippen LogP contribution in [0.5, 0.6) is 5.75 Å². The molecular formula is C27H25FN2O7. The summed E-state index contributed by atoms with van der Waals surface area (Å²) in [5.74, 6) is -13.7. The Morgan fingerprint density at radius 1 is 1.03 bits per heavy atom. The van der Waals surface area contributed by atoms with Crippen molar-refractivity contribution in [3.8, 4) is 5.75 Å². The van der Waals surface area contributed by atoms with Crippen molar-refractivity contribution >= 4 is 29.0 Å². The first kappa shape index (κ1) is 24.9. The predicted molar refractivity (Wildman–Crippen MR) is 126 cm³/mol. The molecule has 5 rings (SSSR count). The van der Waals surface area contributed by atoms with Gasteiger partial charge < -0.3 is 15.9 Å². The number of fused-ring (bicyclic) bond motifs is 3. The number of carbonyl (C=O) groups is 5. The molecule has 0 aliphatic heterocycles. The molecule has 0 bridgehead atoms. The van der Waals surface area contributed by atoms with Crippen molar-refractivity contribution in [2.75, 3.05) is 14.1 Å². The smallest absolute Gasteiger partial charge is 0.235 e. The van der Waals surface area contributed by atoms with Gasteiger partial charge in [0.25, 0.3) is 0 Å². The molecule has 10 heteroatoms. The number of aliphatic hydroxyl groups is 1. The van der Waals surface area contributed by atoms with Crippen LogP contribution >= 0.6 is 0 Å². The lowest BCUT2D eigenvalue weighted by molar-refractivity contribution is -0.181. The summed E-state index contributed by atoms with van der Waals surface area (Å²) in [5.41, 5.74) is 2.57. The molecule has 0 heterocycles. The summed E-state index contributed by atoms with van der Waals surface area (Å²) in [4.78, 5) is 67.8. The van der Waals surface area contributed by atoms with Gasteiger partial charge in [0.05, 0.1) is 17.5 Å². The van der Waals surface area contributed by atoms with E-state index in [2.05, 4.69) is 0 Å². The minimum absolute atomic E-state index is 0.0828. The van der Waals surface area contributed by atoms with Crippen molar-refractivity contribution in [1.29, 1.82) is 0 Å². The van der Waals surface area contributed by atoms with E-state index in [1.54, 1.807) is 30.3 Å². The maximum Gasteiger partial charge on any atom is 0.235 e. The summed E-state index contributed by atoms with van der Waals surface area (Å²) in [6.45, 7) is 0. The molecule has 3 aliphatic rings. The molecule has 7 atom stereocenters. The molecule has 4 N–H and O–H groups in total. The minimum atomic E-state index is -2.85. The minimum Gasteiger partial charge on any atom is -0.507 e. The summed E-state index contributed by atoms with van der Waals surface area (Å²) >= 11 is 0. The third kappa shape index (κ3) is 3.25. The lowest BCUT2D eigenvalue weighted by Crippen LogP contribution is -2.74. The number of primary amides is 1. The second-order valence-corrected chi connectivity index (χ2v) is 10.2. The highest BCUT2D eigenvalue weighted by Crippen LogP contribution is 2.56. The SMILES string of the molecule is CN(C)[C@@H]1C(=O)C(C(N)=O)C(=O)[C@@]2(O)C(=O)C3C(=O)c4c(O)ccc(F)c4[C@H](c4ccccc4)[C@H]3C[C@@H]12. The van der Waals surface area contributed by atoms with Crippen LogP contribution in [0, 0.1) is 29.5 Å². The number of hydrogen-bond donors (Lipinski definition) is 3. The fourth-order valence-electron chi connectivity index (χ4n) is 6.71. The van der Waals surface area contributed by atoms with Gasteiger partial charge in [0.2, 0.25) is 5.91 Å². The Kier molecular flexibility index (Phi) is 5.65. The van der Waals surface area contributed by atoms with Gasteiger partial charge in [-0.3, -0.25) is 28.9 Å². The van der Waals surface area contributed by atoms with Gasteiger partial charge in [-0.1, -0.05) is 30.3 Å². The maximum absolute atomic E-state index is 15.3. The molecule has 2 saturated carbocycles. The Morgan fingerprint density at radius 3 is 2.27 bits per heavy atom. The standard InChI is InChI=1S/C27H25FN2O7/c1-30(2)21-13-10-12-16(11-6-4-3-5-7-11)18-14(28)8-9-15(31)19(18)22(32)17(12)24(34)27(13,37)25(35)20(23(21)33)26(29)36/h3-9,12-13,16-17,20-21,31,37H,10H2,1-2H3,(H2,29,36)/t12-,13+,16-,17?,20?,21+,27+/m1/s1. The molecule has 2 unspecified atom stereocenters. The number of nitrogens with zero attached hydrogens (tertiary/aromatic N) is 1. The highest BCUT2D eigenvalue weighted by molar-refractivity contribution is 6.32. The van der Waals surface area contributed by atoms with E-state index in [1.807, 2.05) is 0 Å². The van der Waals surface area contributed by atoms with Crippen LogP contribution in [0.25, 0.3) is 0 Å². The number of ketones is 4. The van der Waals surface area contributed by atoms with Crippen LogP contribution < -0.4 is 5.73 Å².